The van der Waals surface area contributed by atoms with Crippen molar-refractivity contribution in [3.8, 4) is 6.01 Å². The fourth-order valence-electron chi connectivity index (χ4n) is 7.22. The predicted octanol–water partition coefficient (Wildman–Crippen LogP) is 4.80. The molecule has 7 rings (SSSR count). The maximum Gasteiger partial charge on any atom is 0.316 e. The van der Waals surface area contributed by atoms with Crippen LogP contribution in [0.1, 0.15) is 61.4 Å². The molecule has 0 aliphatic carbocycles. The Balaban J connectivity index is 1.23. The first-order valence-electron chi connectivity index (χ1n) is 14.0. The first-order valence-corrected chi connectivity index (χ1v) is 14.0. The number of nitrogens with one attached hydrogen (secondary N) is 1. The van der Waals surface area contributed by atoms with E-state index in [9.17, 15) is 4.39 Å². The number of piperidine rings is 1. The van der Waals surface area contributed by atoms with E-state index in [4.69, 9.17) is 14.7 Å². The maximum atomic E-state index is 14.9. The Morgan fingerprint density at radius 3 is 2.62 bits per heavy atom. The molecule has 6 nitrogen and oxygen atoms in total. The number of rotatable bonds is 5. The minimum absolute atomic E-state index is 0.169. The lowest BCUT2D eigenvalue weighted by Crippen LogP contribution is -2.39. The van der Waals surface area contributed by atoms with Crippen molar-refractivity contribution in [3.05, 3.63) is 59.2 Å². The van der Waals surface area contributed by atoms with Crippen molar-refractivity contribution in [2.45, 2.75) is 75.5 Å². The number of anilines is 1. The Morgan fingerprint density at radius 1 is 1.03 bits per heavy atom. The topological polar surface area (TPSA) is 53.5 Å². The average Bonchev–Trinajstić information content (AvgIpc) is 3.49. The van der Waals surface area contributed by atoms with Crippen LogP contribution in [0.4, 0.5) is 10.1 Å². The number of ether oxygens (including phenoxy) is 1. The third-order valence-corrected chi connectivity index (χ3v) is 9.19. The van der Waals surface area contributed by atoms with Crippen LogP contribution in [0.5, 0.6) is 6.01 Å². The Bertz CT molecular complexity index is 1300. The number of fused-ring (bicyclic) bond motifs is 4. The number of hydrogen-bond donors (Lipinski definition) is 1. The van der Waals surface area contributed by atoms with Crippen molar-refractivity contribution in [1.29, 1.82) is 0 Å². The van der Waals surface area contributed by atoms with Crippen LogP contribution >= 0.6 is 0 Å². The molecular formula is C30H36FN5O. The number of aromatic nitrogens is 2. The summed E-state index contributed by atoms with van der Waals surface area (Å²) in [4.78, 5) is 14.7. The van der Waals surface area contributed by atoms with Crippen molar-refractivity contribution in [2.24, 2.45) is 0 Å². The van der Waals surface area contributed by atoms with Crippen LogP contribution in [0.25, 0.3) is 10.8 Å². The molecule has 1 N–H and O–H groups in total. The van der Waals surface area contributed by atoms with Gasteiger partial charge in [-0.2, -0.15) is 9.97 Å². The van der Waals surface area contributed by atoms with Crippen LogP contribution in [0.2, 0.25) is 0 Å². The van der Waals surface area contributed by atoms with Gasteiger partial charge in [0.05, 0.1) is 17.9 Å². The van der Waals surface area contributed by atoms with Gasteiger partial charge in [-0.25, -0.2) is 4.39 Å². The normalized spacial score (nSPS) is 27.6. The van der Waals surface area contributed by atoms with E-state index >= 15 is 0 Å². The molecule has 194 valence electrons. The zero-order valence-corrected chi connectivity index (χ0v) is 21.6. The Morgan fingerprint density at radius 2 is 1.84 bits per heavy atom. The molecule has 0 spiro atoms. The molecule has 1 aromatic heterocycles. The summed E-state index contributed by atoms with van der Waals surface area (Å²) in [6.45, 7) is 3.24. The van der Waals surface area contributed by atoms with E-state index in [2.05, 4.69) is 22.2 Å². The second-order valence-electron chi connectivity index (χ2n) is 11.5. The van der Waals surface area contributed by atoms with Crippen LogP contribution in [0.3, 0.4) is 0 Å². The fraction of sp³-hybridized carbons (Fsp3) is 0.533. The third-order valence-electron chi connectivity index (χ3n) is 9.19. The first-order chi connectivity index (χ1) is 18.1. The van der Waals surface area contributed by atoms with Crippen molar-refractivity contribution < 1.29 is 9.13 Å². The molecule has 3 atom stereocenters. The van der Waals surface area contributed by atoms with E-state index in [0.717, 1.165) is 55.5 Å². The molecule has 37 heavy (non-hydrogen) atoms. The zero-order valence-electron chi connectivity index (χ0n) is 21.6. The van der Waals surface area contributed by atoms with Crippen molar-refractivity contribution >= 4 is 16.5 Å². The van der Waals surface area contributed by atoms with Gasteiger partial charge in [-0.05, 0) is 81.6 Å². The second kappa shape index (κ2) is 9.52. The summed E-state index contributed by atoms with van der Waals surface area (Å²) in [5.74, 6) is 0.283. The molecule has 4 aliphatic heterocycles. The highest BCUT2D eigenvalue weighted by Gasteiger charge is 2.37. The molecule has 3 aromatic rings. The Kier molecular flexibility index (Phi) is 6.01. The molecule has 2 bridgehead atoms. The van der Waals surface area contributed by atoms with Gasteiger partial charge >= 0.3 is 6.01 Å². The monoisotopic (exact) mass is 501 g/mol. The summed E-state index contributed by atoms with van der Waals surface area (Å²) in [5.41, 5.74) is 4.50. The van der Waals surface area contributed by atoms with Gasteiger partial charge in [0, 0.05) is 41.7 Å². The zero-order chi connectivity index (χ0) is 24.9. The van der Waals surface area contributed by atoms with E-state index in [1.165, 1.54) is 30.5 Å². The molecule has 7 heteroatoms. The lowest BCUT2D eigenvalue weighted by atomic mass is 9.85. The average molecular weight is 502 g/mol. The molecule has 3 saturated heterocycles. The molecule has 2 unspecified atom stereocenters. The number of halogens is 1. The molecule has 2 aromatic carbocycles. The summed E-state index contributed by atoms with van der Waals surface area (Å²) >= 11 is 0. The molecule has 0 radical (unpaired) electrons. The lowest BCUT2D eigenvalue weighted by molar-refractivity contribution is 0.186. The van der Waals surface area contributed by atoms with Crippen molar-refractivity contribution in [2.75, 3.05) is 31.6 Å². The summed E-state index contributed by atoms with van der Waals surface area (Å²) in [6.07, 6.45) is 8.08. The van der Waals surface area contributed by atoms with Gasteiger partial charge in [0.2, 0.25) is 0 Å². The smallest absolute Gasteiger partial charge is 0.316 e. The molecule has 0 amide bonds. The van der Waals surface area contributed by atoms with Gasteiger partial charge in [-0.1, -0.05) is 24.3 Å². The van der Waals surface area contributed by atoms with Crippen LogP contribution in [-0.2, 0) is 13.0 Å². The van der Waals surface area contributed by atoms with E-state index in [0.29, 0.717) is 48.6 Å². The lowest BCUT2D eigenvalue weighted by Gasteiger charge is -2.35. The highest BCUT2D eigenvalue weighted by Crippen LogP contribution is 2.40. The predicted molar refractivity (Wildman–Crippen MR) is 144 cm³/mol. The van der Waals surface area contributed by atoms with Gasteiger partial charge in [0.25, 0.3) is 0 Å². The first kappa shape index (κ1) is 23.4. The summed E-state index contributed by atoms with van der Waals surface area (Å²) in [6, 6.07) is 13.5. The fourth-order valence-corrected chi connectivity index (χ4v) is 7.22. The SMILES string of the molecule is CN1CCC[C@H]1COc1nc2c(c(C3CC4CCC(C3)N4)n1)CCN(c1cccc3cccc(F)c13)C2. The van der Waals surface area contributed by atoms with Crippen LogP contribution < -0.4 is 15.0 Å². The van der Waals surface area contributed by atoms with E-state index in [1.807, 2.05) is 24.3 Å². The summed E-state index contributed by atoms with van der Waals surface area (Å²) < 4.78 is 21.2. The highest BCUT2D eigenvalue weighted by molar-refractivity contribution is 5.94. The Hall–Kier alpha value is -2.77. The third kappa shape index (κ3) is 4.36. The number of likely N-dealkylation sites (tertiary alicyclic amines) is 1. The Labute approximate surface area is 218 Å². The van der Waals surface area contributed by atoms with E-state index in [-0.39, 0.29) is 5.82 Å². The van der Waals surface area contributed by atoms with Gasteiger partial charge in [0.1, 0.15) is 12.4 Å². The second-order valence-corrected chi connectivity index (χ2v) is 11.5. The van der Waals surface area contributed by atoms with Gasteiger partial charge in [0.15, 0.2) is 0 Å². The summed E-state index contributed by atoms with van der Waals surface area (Å²) in [5, 5.41) is 5.40. The van der Waals surface area contributed by atoms with Crippen LogP contribution in [0, 0.1) is 5.82 Å². The van der Waals surface area contributed by atoms with E-state index < -0.39 is 0 Å². The summed E-state index contributed by atoms with van der Waals surface area (Å²) in [7, 11) is 2.17. The van der Waals surface area contributed by atoms with Crippen LogP contribution in [-0.4, -0.2) is 59.7 Å². The van der Waals surface area contributed by atoms with Gasteiger partial charge in [-0.15, -0.1) is 0 Å². The minimum Gasteiger partial charge on any atom is -0.462 e. The standard InChI is InChI=1S/C30H36FN5O/c1-35-13-4-7-23(35)18-37-30-33-26-17-36(27-9-3-6-19-5-2-8-25(31)28(19)27)14-12-24(26)29(34-30)20-15-21-10-11-22(16-20)32-21/h2-3,5-6,8-9,20-23,32H,4,7,10-18H2,1H3/t20?,21?,22?,23-/m0/s1. The number of likely N-dealkylation sites (N-methyl/N-ethyl adjacent to an activating group) is 1. The van der Waals surface area contributed by atoms with Crippen LogP contribution in [0.15, 0.2) is 36.4 Å². The largest absolute Gasteiger partial charge is 0.462 e. The number of benzene rings is 2. The molecule has 0 saturated carbocycles. The highest BCUT2D eigenvalue weighted by atomic mass is 19.1. The molecule has 5 heterocycles. The molecule has 3 fully saturated rings. The maximum absolute atomic E-state index is 14.9. The molecule has 4 aliphatic rings. The minimum atomic E-state index is -0.169. The molecular weight excluding hydrogens is 465 g/mol. The van der Waals surface area contributed by atoms with Gasteiger partial charge in [-0.3, -0.25) is 0 Å². The quantitative estimate of drug-likeness (QED) is 0.542. The van der Waals surface area contributed by atoms with E-state index in [1.54, 1.807) is 12.1 Å². The van der Waals surface area contributed by atoms with Crippen molar-refractivity contribution in [1.82, 2.24) is 20.2 Å². The van der Waals surface area contributed by atoms with Crippen molar-refractivity contribution in [3.63, 3.8) is 0 Å². The number of hydrogen-bond acceptors (Lipinski definition) is 6. The number of nitrogens with zero attached hydrogens (tertiary/aromatic N) is 4. The van der Waals surface area contributed by atoms with Gasteiger partial charge < -0.3 is 19.9 Å².